The molecule has 1 aromatic rings. The van der Waals surface area contributed by atoms with Gasteiger partial charge in [0.2, 0.25) is 0 Å². The summed E-state index contributed by atoms with van der Waals surface area (Å²) >= 11 is 9.34. The zero-order valence-electron chi connectivity index (χ0n) is 9.30. The number of hydrogen-bond acceptors (Lipinski definition) is 3. The van der Waals surface area contributed by atoms with Crippen molar-refractivity contribution in [2.24, 2.45) is 0 Å². The van der Waals surface area contributed by atoms with Crippen LogP contribution in [0.4, 0.5) is 0 Å². The molecule has 0 radical (unpaired) electrons. The number of carbonyl (C=O) groups is 1. The Morgan fingerprint density at radius 3 is 2.76 bits per heavy atom. The van der Waals surface area contributed by atoms with Crippen LogP contribution in [0.2, 0.25) is 5.02 Å². The minimum atomic E-state index is -0.341. The van der Waals surface area contributed by atoms with E-state index in [4.69, 9.17) is 21.6 Å². The molecule has 0 N–H and O–H groups in total. The van der Waals surface area contributed by atoms with Gasteiger partial charge in [0.05, 0.1) is 24.7 Å². The summed E-state index contributed by atoms with van der Waals surface area (Å²) in [5, 5.41) is 9.93. The number of benzene rings is 1. The predicted octanol–water partition coefficient (Wildman–Crippen LogP) is 3.21. The molecular weight excluding hydrogens is 305 g/mol. The highest BCUT2D eigenvalue weighted by molar-refractivity contribution is 9.08. The molecule has 5 heteroatoms. The number of nitriles is 1. The highest BCUT2D eigenvalue weighted by Gasteiger charge is 2.15. The average Bonchev–Trinajstić information content (AvgIpc) is 2.31. The van der Waals surface area contributed by atoms with Crippen LogP contribution in [-0.4, -0.2) is 12.6 Å². The van der Waals surface area contributed by atoms with Crippen molar-refractivity contribution in [3.05, 3.63) is 33.8 Å². The third-order valence-corrected chi connectivity index (χ3v) is 3.17. The molecule has 90 valence electrons. The molecule has 0 saturated carbocycles. The number of carbonyl (C=O) groups excluding carboxylic acids is 1. The van der Waals surface area contributed by atoms with Crippen molar-refractivity contribution in [1.82, 2.24) is 0 Å². The Labute approximate surface area is 113 Å². The van der Waals surface area contributed by atoms with Crippen molar-refractivity contribution in [1.29, 1.82) is 5.26 Å². The second-order valence-corrected chi connectivity index (χ2v) is 4.25. The smallest absolute Gasteiger partial charge is 0.310 e. The number of alkyl halides is 1. The average molecular weight is 317 g/mol. The highest BCUT2D eigenvalue weighted by atomic mass is 79.9. The molecule has 0 heterocycles. The molecule has 0 aliphatic heterocycles. The summed E-state index contributed by atoms with van der Waals surface area (Å²) in [6.07, 6.45) is 0.0864. The van der Waals surface area contributed by atoms with Crippen molar-refractivity contribution in [3.8, 4) is 6.07 Å². The summed E-state index contributed by atoms with van der Waals surface area (Å²) in [5.74, 6) is -0.341. The Balaban J connectivity index is 3.13. The van der Waals surface area contributed by atoms with Gasteiger partial charge in [-0.15, -0.1) is 0 Å². The molecule has 0 bridgehead atoms. The van der Waals surface area contributed by atoms with Crippen LogP contribution in [0.1, 0.15) is 23.6 Å². The van der Waals surface area contributed by atoms with E-state index in [2.05, 4.69) is 22.0 Å². The van der Waals surface area contributed by atoms with Gasteiger partial charge in [0, 0.05) is 10.4 Å². The van der Waals surface area contributed by atoms with Gasteiger partial charge in [-0.1, -0.05) is 27.5 Å². The fourth-order valence-corrected chi connectivity index (χ4v) is 2.35. The molecule has 0 fully saturated rings. The minimum Gasteiger partial charge on any atom is -0.466 e. The lowest BCUT2D eigenvalue weighted by molar-refractivity contribution is -0.142. The number of rotatable bonds is 4. The predicted molar refractivity (Wildman–Crippen MR) is 69.1 cm³/mol. The largest absolute Gasteiger partial charge is 0.466 e. The van der Waals surface area contributed by atoms with Gasteiger partial charge in [0.25, 0.3) is 0 Å². The summed E-state index contributed by atoms with van der Waals surface area (Å²) in [4.78, 5) is 11.5. The van der Waals surface area contributed by atoms with Crippen LogP contribution in [-0.2, 0) is 21.3 Å². The van der Waals surface area contributed by atoms with Crippen LogP contribution in [0.15, 0.2) is 12.1 Å². The molecule has 1 rings (SSSR count). The Bertz CT molecular complexity index is 468. The van der Waals surface area contributed by atoms with Gasteiger partial charge in [-0.3, -0.25) is 4.79 Å². The molecule has 17 heavy (non-hydrogen) atoms. The summed E-state index contributed by atoms with van der Waals surface area (Å²) in [5.41, 5.74) is 1.92. The van der Waals surface area contributed by atoms with Crippen LogP contribution >= 0.6 is 27.5 Å². The van der Waals surface area contributed by atoms with E-state index in [9.17, 15) is 4.79 Å². The number of ether oxygens (including phenoxy) is 1. The van der Waals surface area contributed by atoms with Crippen LogP contribution < -0.4 is 0 Å². The van der Waals surface area contributed by atoms with E-state index >= 15 is 0 Å². The van der Waals surface area contributed by atoms with E-state index in [1.54, 1.807) is 19.1 Å². The Kier molecular flexibility index (Phi) is 5.46. The Morgan fingerprint density at radius 1 is 1.53 bits per heavy atom. The van der Waals surface area contributed by atoms with E-state index in [1.807, 2.05) is 0 Å². The van der Waals surface area contributed by atoms with Crippen molar-refractivity contribution in [2.45, 2.75) is 18.7 Å². The van der Waals surface area contributed by atoms with E-state index in [-0.39, 0.29) is 12.4 Å². The second-order valence-electron chi connectivity index (χ2n) is 3.28. The second kappa shape index (κ2) is 6.63. The molecule has 0 atom stereocenters. The molecular formula is C12H11BrClNO2. The SMILES string of the molecule is CCOC(=O)Cc1c(Cl)ccc(C#N)c1CBr. The van der Waals surface area contributed by atoms with Crippen molar-refractivity contribution in [2.75, 3.05) is 6.61 Å². The lowest BCUT2D eigenvalue weighted by Gasteiger charge is -2.10. The monoisotopic (exact) mass is 315 g/mol. The van der Waals surface area contributed by atoms with E-state index in [0.29, 0.717) is 28.1 Å². The topological polar surface area (TPSA) is 50.1 Å². The first-order chi connectivity index (χ1) is 8.13. The van der Waals surface area contributed by atoms with Gasteiger partial charge in [-0.2, -0.15) is 5.26 Å². The Hall–Kier alpha value is -1.05. The lowest BCUT2D eigenvalue weighted by atomic mass is 10.0. The first-order valence-corrected chi connectivity index (χ1v) is 6.55. The molecule has 0 amide bonds. The van der Waals surface area contributed by atoms with E-state index in [0.717, 1.165) is 5.56 Å². The third kappa shape index (κ3) is 3.45. The normalized spacial score (nSPS) is 9.76. The molecule has 3 nitrogen and oxygen atoms in total. The third-order valence-electron chi connectivity index (χ3n) is 2.25. The van der Waals surface area contributed by atoms with Crippen molar-refractivity contribution >= 4 is 33.5 Å². The van der Waals surface area contributed by atoms with E-state index in [1.165, 1.54) is 0 Å². The summed E-state index contributed by atoms with van der Waals surface area (Å²) in [6.45, 7) is 2.08. The van der Waals surface area contributed by atoms with Gasteiger partial charge in [0.1, 0.15) is 0 Å². The van der Waals surface area contributed by atoms with Crippen LogP contribution in [0.5, 0.6) is 0 Å². The molecule has 0 saturated heterocycles. The summed E-state index contributed by atoms with van der Waals surface area (Å²) in [6, 6.07) is 5.35. The fraction of sp³-hybridized carbons (Fsp3) is 0.333. The molecule has 0 aliphatic rings. The molecule has 0 aliphatic carbocycles. The van der Waals surface area contributed by atoms with Gasteiger partial charge in [-0.05, 0) is 30.2 Å². The van der Waals surface area contributed by atoms with Crippen molar-refractivity contribution in [3.63, 3.8) is 0 Å². The first-order valence-electron chi connectivity index (χ1n) is 5.06. The summed E-state index contributed by atoms with van der Waals surface area (Å²) in [7, 11) is 0. The maximum absolute atomic E-state index is 11.5. The minimum absolute atomic E-state index is 0.0864. The standard InChI is InChI=1S/C12H11BrClNO2/c1-2-17-12(16)5-9-10(6-13)8(7-15)3-4-11(9)14/h3-4H,2,5-6H2,1H3. The van der Waals surface area contributed by atoms with Gasteiger partial charge < -0.3 is 4.74 Å². The highest BCUT2D eigenvalue weighted by Crippen LogP contribution is 2.26. The van der Waals surface area contributed by atoms with Crippen LogP contribution in [0.25, 0.3) is 0 Å². The number of halogens is 2. The number of nitrogens with zero attached hydrogens (tertiary/aromatic N) is 1. The quantitative estimate of drug-likeness (QED) is 0.633. The fourth-order valence-electron chi connectivity index (χ4n) is 1.47. The Morgan fingerprint density at radius 2 is 2.24 bits per heavy atom. The molecule has 0 unspecified atom stereocenters. The van der Waals surface area contributed by atoms with Crippen LogP contribution in [0.3, 0.4) is 0 Å². The van der Waals surface area contributed by atoms with Crippen LogP contribution in [0, 0.1) is 11.3 Å². The zero-order valence-corrected chi connectivity index (χ0v) is 11.6. The first kappa shape index (κ1) is 14.0. The van der Waals surface area contributed by atoms with Gasteiger partial charge >= 0.3 is 5.97 Å². The van der Waals surface area contributed by atoms with Gasteiger partial charge in [-0.25, -0.2) is 0 Å². The lowest BCUT2D eigenvalue weighted by Crippen LogP contribution is -2.10. The van der Waals surface area contributed by atoms with Crippen molar-refractivity contribution < 1.29 is 9.53 Å². The maximum atomic E-state index is 11.5. The zero-order chi connectivity index (χ0) is 12.8. The van der Waals surface area contributed by atoms with E-state index < -0.39 is 0 Å². The van der Waals surface area contributed by atoms with Gasteiger partial charge in [0.15, 0.2) is 0 Å². The molecule has 0 spiro atoms. The molecule has 1 aromatic carbocycles. The maximum Gasteiger partial charge on any atom is 0.310 e. The molecule has 0 aromatic heterocycles. The number of esters is 1. The number of hydrogen-bond donors (Lipinski definition) is 0. The summed E-state index contributed by atoms with van der Waals surface area (Å²) < 4.78 is 4.88.